The first-order valence-corrected chi connectivity index (χ1v) is 7.73. The minimum Gasteiger partial charge on any atom is -0.381 e. The molecule has 6 nitrogen and oxygen atoms in total. The van der Waals surface area contributed by atoms with Gasteiger partial charge in [0.25, 0.3) is 0 Å². The number of morpholine rings is 1. The zero-order valence-electron chi connectivity index (χ0n) is 12.1. The van der Waals surface area contributed by atoms with Gasteiger partial charge in [-0.1, -0.05) is 0 Å². The van der Waals surface area contributed by atoms with Crippen molar-refractivity contribution in [1.29, 1.82) is 0 Å². The van der Waals surface area contributed by atoms with E-state index in [-0.39, 0.29) is 11.9 Å². The zero-order chi connectivity index (χ0) is 13.8. The van der Waals surface area contributed by atoms with Gasteiger partial charge in [0.05, 0.1) is 19.8 Å². The van der Waals surface area contributed by atoms with Gasteiger partial charge in [-0.3, -0.25) is 9.69 Å². The third kappa shape index (κ3) is 3.49. The molecule has 3 rings (SSSR count). The van der Waals surface area contributed by atoms with Gasteiger partial charge in [0, 0.05) is 45.9 Å². The van der Waals surface area contributed by atoms with Crippen LogP contribution in [0.5, 0.6) is 0 Å². The quantitative estimate of drug-likeness (QED) is 0.732. The second-order valence-electron chi connectivity index (χ2n) is 5.94. The van der Waals surface area contributed by atoms with Gasteiger partial charge in [-0.25, -0.2) is 0 Å². The fourth-order valence-electron chi connectivity index (χ4n) is 3.19. The lowest BCUT2D eigenvalue weighted by Crippen LogP contribution is -2.57. The summed E-state index contributed by atoms with van der Waals surface area (Å²) in [4.78, 5) is 16.8. The van der Waals surface area contributed by atoms with Crippen molar-refractivity contribution in [3.8, 4) is 0 Å². The van der Waals surface area contributed by atoms with Crippen molar-refractivity contribution in [3.05, 3.63) is 0 Å². The first-order valence-electron chi connectivity index (χ1n) is 7.73. The van der Waals surface area contributed by atoms with Gasteiger partial charge >= 0.3 is 0 Å². The lowest BCUT2D eigenvalue weighted by atomic mass is 10.1. The van der Waals surface area contributed by atoms with Crippen molar-refractivity contribution < 1.29 is 14.3 Å². The first-order chi connectivity index (χ1) is 9.83. The summed E-state index contributed by atoms with van der Waals surface area (Å²) in [6, 6.07) is -0.140. The van der Waals surface area contributed by atoms with Crippen molar-refractivity contribution in [2.75, 3.05) is 65.7 Å². The highest BCUT2D eigenvalue weighted by molar-refractivity contribution is 5.82. The van der Waals surface area contributed by atoms with Crippen LogP contribution in [0.25, 0.3) is 0 Å². The maximum absolute atomic E-state index is 12.3. The number of carbonyl (C=O) groups excluding carboxylic acids is 1. The van der Waals surface area contributed by atoms with Crippen LogP contribution in [-0.4, -0.2) is 87.4 Å². The van der Waals surface area contributed by atoms with E-state index in [0.717, 1.165) is 52.5 Å². The van der Waals surface area contributed by atoms with E-state index >= 15 is 0 Å². The summed E-state index contributed by atoms with van der Waals surface area (Å²) in [6.07, 6.45) is 1.18. The van der Waals surface area contributed by atoms with Crippen LogP contribution in [0.2, 0.25) is 0 Å². The monoisotopic (exact) mass is 283 g/mol. The number of piperazine rings is 1. The summed E-state index contributed by atoms with van der Waals surface area (Å²) in [5, 5.41) is 3.24. The van der Waals surface area contributed by atoms with Crippen molar-refractivity contribution >= 4 is 5.91 Å². The largest absolute Gasteiger partial charge is 0.381 e. The second kappa shape index (κ2) is 6.85. The Kier molecular flexibility index (Phi) is 4.88. The highest BCUT2D eigenvalue weighted by Crippen LogP contribution is 2.15. The van der Waals surface area contributed by atoms with Crippen LogP contribution in [0.15, 0.2) is 0 Å². The Labute approximate surface area is 120 Å². The molecule has 0 spiro atoms. The van der Waals surface area contributed by atoms with Gasteiger partial charge in [-0.05, 0) is 12.3 Å². The fraction of sp³-hybridized carbons (Fsp3) is 0.929. The van der Waals surface area contributed by atoms with Crippen LogP contribution in [0, 0.1) is 5.92 Å². The molecule has 0 radical (unpaired) electrons. The molecule has 114 valence electrons. The molecule has 3 heterocycles. The first kappa shape index (κ1) is 14.3. The van der Waals surface area contributed by atoms with Crippen molar-refractivity contribution in [2.24, 2.45) is 5.92 Å². The molecule has 2 atom stereocenters. The van der Waals surface area contributed by atoms with E-state index in [4.69, 9.17) is 9.47 Å². The normalized spacial score (nSPS) is 32.5. The van der Waals surface area contributed by atoms with E-state index in [1.165, 1.54) is 6.42 Å². The average Bonchev–Trinajstić information content (AvgIpc) is 3.01. The predicted molar refractivity (Wildman–Crippen MR) is 74.6 cm³/mol. The van der Waals surface area contributed by atoms with Crippen molar-refractivity contribution in [2.45, 2.75) is 12.5 Å². The molecule has 6 heteroatoms. The number of ether oxygens (including phenoxy) is 2. The summed E-state index contributed by atoms with van der Waals surface area (Å²) in [7, 11) is 0. The molecule has 0 aromatic heterocycles. The fourth-order valence-corrected chi connectivity index (χ4v) is 3.19. The molecule has 2 unspecified atom stereocenters. The molecular weight excluding hydrogens is 258 g/mol. The van der Waals surface area contributed by atoms with Crippen LogP contribution in [-0.2, 0) is 14.3 Å². The summed E-state index contributed by atoms with van der Waals surface area (Å²) in [6.45, 7) is 8.57. The molecule has 3 aliphatic rings. The topological polar surface area (TPSA) is 54.0 Å². The maximum Gasteiger partial charge on any atom is 0.242 e. The highest BCUT2D eigenvalue weighted by Gasteiger charge is 2.29. The Morgan fingerprint density at radius 1 is 1.10 bits per heavy atom. The van der Waals surface area contributed by atoms with E-state index in [1.54, 1.807) is 0 Å². The Hall–Kier alpha value is -0.690. The van der Waals surface area contributed by atoms with E-state index in [2.05, 4.69) is 10.2 Å². The van der Waals surface area contributed by atoms with Gasteiger partial charge in [0.1, 0.15) is 6.04 Å². The molecular formula is C14H25N3O3. The lowest BCUT2D eigenvalue weighted by Gasteiger charge is -2.38. The van der Waals surface area contributed by atoms with E-state index in [0.29, 0.717) is 19.1 Å². The Morgan fingerprint density at radius 3 is 2.55 bits per heavy atom. The average molecular weight is 283 g/mol. The van der Waals surface area contributed by atoms with Crippen LogP contribution in [0.1, 0.15) is 6.42 Å². The summed E-state index contributed by atoms with van der Waals surface area (Å²) >= 11 is 0. The van der Waals surface area contributed by atoms with Crippen molar-refractivity contribution in [1.82, 2.24) is 15.1 Å². The van der Waals surface area contributed by atoms with Gasteiger partial charge < -0.3 is 19.7 Å². The van der Waals surface area contributed by atoms with E-state index in [1.807, 2.05) is 4.90 Å². The van der Waals surface area contributed by atoms with Crippen LogP contribution >= 0.6 is 0 Å². The van der Waals surface area contributed by atoms with Gasteiger partial charge in [0.15, 0.2) is 0 Å². The number of nitrogens with zero attached hydrogens (tertiary/aromatic N) is 2. The minimum absolute atomic E-state index is 0.140. The number of carbonyl (C=O) groups is 1. The molecule has 3 saturated heterocycles. The van der Waals surface area contributed by atoms with Crippen LogP contribution in [0.3, 0.4) is 0 Å². The van der Waals surface area contributed by atoms with E-state index in [9.17, 15) is 4.79 Å². The smallest absolute Gasteiger partial charge is 0.242 e. The van der Waals surface area contributed by atoms with Crippen LogP contribution in [0.4, 0.5) is 0 Å². The number of amides is 1. The molecule has 0 aromatic carbocycles. The predicted octanol–water partition coefficient (Wildman–Crippen LogP) is -0.844. The summed E-state index contributed by atoms with van der Waals surface area (Å²) < 4.78 is 10.8. The Morgan fingerprint density at radius 2 is 1.90 bits per heavy atom. The summed E-state index contributed by atoms with van der Waals surface area (Å²) in [5.41, 5.74) is 0. The molecule has 0 aromatic rings. The minimum atomic E-state index is -0.140. The SMILES string of the molecule is O=C(C1COCCN1)N1CCN(CC2CCOC2)CC1. The highest BCUT2D eigenvalue weighted by atomic mass is 16.5. The molecule has 1 N–H and O–H groups in total. The molecule has 3 fully saturated rings. The second-order valence-corrected chi connectivity index (χ2v) is 5.94. The third-order valence-electron chi connectivity index (χ3n) is 4.44. The zero-order valence-corrected chi connectivity index (χ0v) is 12.1. The molecule has 20 heavy (non-hydrogen) atoms. The maximum atomic E-state index is 12.3. The molecule has 1 amide bonds. The summed E-state index contributed by atoms with van der Waals surface area (Å²) in [5.74, 6) is 0.888. The standard InChI is InChI=1S/C14H25N3O3/c18-14(13-11-20-8-2-15-13)17-5-3-16(4-6-17)9-12-1-7-19-10-12/h12-13,15H,1-11H2. The van der Waals surface area contributed by atoms with Gasteiger partial charge in [-0.15, -0.1) is 0 Å². The van der Waals surface area contributed by atoms with Gasteiger partial charge in [-0.2, -0.15) is 0 Å². The number of hydrogen-bond donors (Lipinski definition) is 1. The third-order valence-corrected chi connectivity index (χ3v) is 4.44. The lowest BCUT2D eigenvalue weighted by molar-refractivity contribution is -0.138. The molecule has 3 aliphatic heterocycles. The Bertz CT molecular complexity index is 320. The van der Waals surface area contributed by atoms with Crippen LogP contribution < -0.4 is 5.32 Å². The number of hydrogen-bond acceptors (Lipinski definition) is 5. The van der Waals surface area contributed by atoms with Gasteiger partial charge in [0.2, 0.25) is 5.91 Å². The van der Waals surface area contributed by atoms with Crippen molar-refractivity contribution in [3.63, 3.8) is 0 Å². The molecule has 0 aliphatic carbocycles. The molecule has 0 saturated carbocycles. The van der Waals surface area contributed by atoms with E-state index < -0.39 is 0 Å². The number of nitrogens with one attached hydrogen (secondary N) is 1. The Balaban J connectivity index is 1.41. The number of rotatable bonds is 3. The molecule has 0 bridgehead atoms.